The van der Waals surface area contributed by atoms with E-state index in [1.54, 1.807) is 0 Å². The first-order valence-corrected chi connectivity index (χ1v) is 6.90. The molecule has 1 rings (SSSR count). The van der Waals surface area contributed by atoms with Crippen LogP contribution in [0, 0.1) is 6.92 Å². The van der Waals surface area contributed by atoms with E-state index in [0.29, 0.717) is 5.69 Å². The van der Waals surface area contributed by atoms with E-state index in [4.69, 9.17) is 0 Å². The zero-order valence-corrected chi connectivity index (χ0v) is 13.5. The maximum Gasteiger partial charge on any atom is 0.354 e. The summed E-state index contributed by atoms with van der Waals surface area (Å²) in [6, 6.07) is 5.84. The third kappa shape index (κ3) is 4.80. The molecule has 0 unspecified atom stereocenters. The molecule has 0 aliphatic heterocycles. The average molecular weight is 306 g/mol. The molecule has 1 aromatic rings. The van der Waals surface area contributed by atoms with Gasteiger partial charge < -0.3 is 20.1 Å². The summed E-state index contributed by atoms with van der Waals surface area (Å²) in [6.45, 7) is 5.99. The molecule has 0 heterocycles. The van der Waals surface area contributed by atoms with Gasteiger partial charge in [0.05, 0.1) is 31.7 Å². The molecule has 0 aromatic heterocycles. The maximum atomic E-state index is 11.8. The molecule has 0 spiro atoms. The second-order valence-electron chi connectivity index (χ2n) is 4.99. The number of aryl methyl sites for hydroxylation is 1. The fraction of sp³-hybridized carbons (Fsp3) is 0.375. The number of esters is 2. The lowest BCUT2D eigenvalue weighted by Crippen LogP contribution is -2.18. The Hall–Kier alpha value is -2.50. The van der Waals surface area contributed by atoms with Crippen LogP contribution in [0.4, 0.5) is 11.4 Å². The molecule has 0 atom stereocenters. The highest BCUT2D eigenvalue weighted by Gasteiger charge is 2.15. The molecule has 2 N–H and O–H groups in total. The topological polar surface area (TPSA) is 76.7 Å². The van der Waals surface area contributed by atoms with Crippen molar-refractivity contribution in [1.82, 2.24) is 0 Å². The largest absolute Gasteiger partial charge is 0.466 e. The van der Waals surface area contributed by atoms with Gasteiger partial charge in [-0.3, -0.25) is 0 Å². The standard InChI is InChI=1S/C16H22N2O4/c1-10(2)17-15-11(3)7-6-8-12(15)18-13(16(20)22-5)9-14(19)21-4/h6-10,17-18H,1-5H3/b13-9+. The van der Waals surface area contributed by atoms with E-state index in [1.807, 2.05) is 39.0 Å². The molecular formula is C16H22N2O4. The van der Waals surface area contributed by atoms with Crippen LogP contribution in [0.5, 0.6) is 0 Å². The number of benzene rings is 1. The molecule has 0 amide bonds. The van der Waals surface area contributed by atoms with E-state index >= 15 is 0 Å². The number of rotatable bonds is 6. The van der Waals surface area contributed by atoms with E-state index < -0.39 is 11.9 Å². The Morgan fingerprint density at radius 2 is 1.86 bits per heavy atom. The number of nitrogens with one attached hydrogen (secondary N) is 2. The summed E-state index contributed by atoms with van der Waals surface area (Å²) in [7, 11) is 2.49. The molecule has 120 valence electrons. The summed E-state index contributed by atoms with van der Waals surface area (Å²) in [5.41, 5.74) is 2.55. The Bertz CT molecular complexity index is 580. The molecule has 6 nitrogen and oxygen atoms in total. The van der Waals surface area contributed by atoms with Crippen LogP contribution in [0.1, 0.15) is 19.4 Å². The number of anilines is 2. The quantitative estimate of drug-likeness (QED) is 0.621. The first-order chi connectivity index (χ1) is 10.4. The monoisotopic (exact) mass is 306 g/mol. The highest BCUT2D eigenvalue weighted by Crippen LogP contribution is 2.27. The Morgan fingerprint density at radius 3 is 2.41 bits per heavy atom. The Morgan fingerprint density at radius 1 is 1.18 bits per heavy atom. The number of para-hydroxylation sites is 1. The van der Waals surface area contributed by atoms with Crippen molar-refractivity contribution in [3.8, 4) is 0 Å². The predicted octanol–water partition coefficient (Wildman–Crippen LogP) is 2.46. The zero-order chi connectivity index (χ0) is 16.7. The predicted molar refractivity (Wildman–Crippen MR) is 85.7 cm³/mol. The van der Waals surface area contributed by atoms with Crippen LogP contribution in [0.25, 0.3) is 0 Å². The van der Waals surface area contributed by atoms with E-state index in [9.17, 15) is 9.59 Å². The Labute approximate surface area is 130 Å². The lowest BCUT2D eigenvalue weighted by atomic mass is 10.1. The van der Waals surface area contributed by atoms with Crippen molar-refractivity contribution in [3.63, 3.8) is 0 Å². The van der Waals surface area contributed by atoms with Crippen LogP contribution in [0.2, 0.25) is 0 Å². The Kier molecular flexibility index (Phi) is 6.44. The average Bonchev–Trinajstić information content (AvgIpc) is 2.48. The number of hydrogen-bond donors (Lipinski definition) is 2. The summed E-state index contributed by atoms with van der Waals surface area (Å²) < 4.78 is 9.24. The zero-order valence-electron chi connectivity index (χ0n) is 13.5. The van der Waals surface area contributed by atoms with Gasteiger partial charge in [0, 0.05) is 6.04 Å². The number of carbonyl (C=O) groups is 2. The summed E-state index contributed by atoms with van der Waals surface area (Å²) >= 11 is 0. The summed E-state index contributed by atoms with van der Waals surface area (Å²) in [5.74, 6) is -1.29. The maximum absolute atomic E-state index is 11.8. The molecule has 0 saturated heterocycles. The molecule has 6 heteroatoms. The minimum absolute atomic E-state index is 0.00626. The van der Waals surface area contributed by atoms with Gasteiger partial charge in [0.25, 0.3) is 0 Å². The van der Waals surface area contributed by atoms with Crippen LogP contribution in [0.3, 0.4) is 0 Å². The van der Waals surface area contributed by atoms with Crippen molar-refractivity contribution in [1.29, 1.82) is 0 Å². The highest BCUT2D eigenvalue weighted by atomic mass is 16.5. The third-order valence-corrected chi connectivity index (χ3v) is 2.84. The summed E-state index contributed by atoms with van der Waals surface area (Å²) in [5, 5.41) is 6.25. The molecule has 0 aliphatic carbocycles. The van der Waals surface area contributed by atoms with E-state index in [-0.39, 0.29) is 11.7 Å². The second-order valence-corrected chi connectivity index (χ2v) is 4.99. The van der Waals surface area contributed by atoms with Crippen LogP contribution in [-0.2, 0) is 19.1 Å². The molecule has 0 bridgehead atoms. The van der Waals surface area contributed by atoms with Crippen molar-refractivity contribution in [3.05, 3.63) is 35.5 Å². The van der Waals surface area contributed by atoms with Crippen molar-refractivity contribution < 1.29 is 19.1 Å². The molecule has 1 aromatic carbocycles. The minimum Gasteiger partial charge on any atom is -0.466 e. The summed E-state index contributed by atoms with van der Waals surface area (Å²) in [6.07, 6.45) is 1.06. The van der Waals surface area contributed by atoms with E-state index in [0.717, 1.165) is 17.3 Å². The van der Waals surface area contributed by atoms with Gasteiger partial charge in [-0.2, -0.15) is 0 Å². The Balaban J connectivity index is 3.18. The molecule has 0 saturated carbocycles. The SMILES string of the molecule is COC(=O)/C=C(/Nc1cccc(C)c1NC(C)C)C(=O)OC. The number of hydrogen-bond acceptors (Lipinski definition) is 6. The van der Waals surface area contributed by atoms with Crippen molar-refractivity contribution in [2.24, 2.45) is 0 Å². The van der Waals surface area contributed by atoms with Gasteiger partial charge >= 0.3 is 11.9 Å². The fourth-order valence-electron chi connectivity index (χ4n) is 1.83. The molecule has 0 radical (unpaired) electrons. The molecule has 0 aliphatic rings. The van der Waals surface area contributed by atoms with Gasteiger partial charge in [0.2, 0.25) is 0 Å². The van der Waals surface area contributed by atoms with Crippen LogP contribution < -0.4 is 10.6 Å². The highest BCUT2D eigenvalue weighted by molar-refractivity contribution is 5.99. The first-order valence-electron chi connectivity index (χ1n) is 6.90. The van der Waals surface area contributed by atoms with Gasteiger partial charge in [0.1, 0.15) is 5.70 Å². The minimum atomic E-state index is -0.651. The van der Waals surface area contributed by atoms with Gasteiger partial charge in [-0.1, -0.05) is 12.1 Å². The third-order valence-electron chi connectivity index (χ3n) is 2.84. The van der Waals surface area contributed by atoms with Crippen molar-refractivity contribution in [2.75, 3.05) is 24.9 Å². The van der Waals surface area contributed by atoms with E-state index in [2.05, 4.69) is 20.1 Å². The number of carbonyl (C=O) groups excluding carboxylic acids is 2. The number of ether oxygens (including phenoxy) is 2. The van der Waals surface area contributed by atoms with Crippen LogP contribution >= 0.6 is 0 Å². The lowest BCUT2D eigenvalue weighted by Gasteiger charge is -2.19. The first kappa shape index (κ1) is 17.6. The van der Waals surface area contributed by atoms with Gasteiger partial charge in [-0.05, 0) is 32.4 Å². The van der Waals surface area contributed by atoms with Crippen LogP contribution in [-0.4, -0.2) is 32.2 Å². The molecule has 22 heavy (non-hydrogen) atoms. The van der Waals surface area contributed by atoms with Crippen molar-refractivity contribution in [2.45, 2.75) is 26.8 Å². The molecule has 0 fully saturated rings. The lowest BCUT2D eigenvalue weighted by molar-refractivity contribution is -0.138. The normalized spacial score (nSPS) is 11.1. The number of methoxy groups -OCH3 is 2. The second kappa shape index (κ2) is 8.07. The van der Waals surface area contributed by atoms with Gasteiger partial charge in [-0.15, -0.1) is 0 Å². The smallest absolute Gasteiger partial charge is 0.354 e. The van der Waals surface area contributed by atoms with Gasteiger partial charge in [-0.25, -0.2) is 9.59 Å². The van der Waals surface area contributed by atoms with Crippen LogP contribution in [0.15, 0.2) is 30.0 Å². The summed E-state index contributed by atoms with van der Waals surface area (Å²) in [4.78, 5) is 23.2. The van der Waals surface area contributed by atoms with Gasteiger partial charge in [0.15, 0.2) is 0 Å². The fourth-order valence-corrected chi connectivity index (χ4v) is 1.83. The van der Waals surface area contributed by atoms with Crippen molar-refractivity contribution >= 4 is 23.3 Å². The molecular weight excluding hydrogens is 284 g/mol. The van der Waals surface area contributed by atoms with E-state index in [1.165, 1.54) is 14.2 Å².